The number of nitrogens with zero attached hydrogens (tertiary/aromatic N) is 1. The molecule has 1 aliphatic rings. The highest BCUT2D eigenvalue weighted by Gasteiger charge is 2.35. The van der Waals surface area contributed by atoms with Crippen LogP contribution in [0, 0.1) is 0 Å². The van der Waals surface area contributed by atoms with Gasteiger partial charge in [0.05, 0.1) is 12.7 Å². The molecule has 3 rings (SSSR count). The molecule has 0 aliphatic carbocycles. The Morgan fingerprint density at radius 3 is 2.42 bits per heavy atom. The molecule has 0 aromatic heterocycles. The van der Waals surface area contributed by atoms with E-state index >= 15 is 0 Å². The van der Waals surface area contributed by atoms with Gasteiger partial charge in [0.15, 0.2) is 5.96 Å². The van der Waals surface area contributed by atoms with Crippen LogP contribution >= 0.6 is 0 Å². The van der Waals surface area contributed by atoms with Crippen molar-refractivity contribution < 1.29 is 22.6 Å². The van der Waals surface area contributed by atoms with Gasteiger partial charge in [-0.05, 0) is 48.2 Å². The summed E-state index contributed by atoms with van der Waals surface area (Å²) in [5, 5.41) is 6.46. The van der Waals surface area contributed by atoms with Crippen LogP contribution in [-0.4, -0.2) is 39.9 Å². The number of guanidine groups is 1. The molecule has 0 bridgehead atoms. The number of alkyl halides is 3. The summed E-state index contributed by atoms with van der Waals surface area (Å²) in [6, 6.07) is 13.3. The van der Waals surface area contributed by atoms with E-state index < -0.39 is 11.7 Å². The second-order valence-electron chi connectivity index (χ2n) is 7.60. The first-order chi connectivity index (χ1) is 14.9. The summed E-state index contributed by atoms with van der Waals surface area (Å²) in [4.78, 5) is 4.23. The Hall–Kier alpha value is -2.74. The van der Waals surface area contributed by atoms with Gasteiger partial charge in [-0.2, -0.15) is 13.2 Å². The lowest BCUT2D eigenvalue weighted by Gasteiger charge is -2.38. The lowest BCUT2D eigenvalue weighted by Crippen LogP contribution is -2.47. The molecule has 0 saturated carbocycles. The first-order valence-electron chi connectivity index (χ1n) is 10.2. The van der Waals surface area contributed by atoms with Crippen LogP contribution in [0.4, 0.5) is 13.2 Å². The molecule has 0 unspecified atom stereocenters. The molecule has 0 atom stereocenters. The monoisotopic (exact) mass is 435 g/mol. The van der Waals surface area contributed by atoms with E-state index in [1.807, 2.05) is 12.1 Å². The standard InChI is InChI=1S/C23H28F3N3O2/c1-27-21(28-15-17-4-3-5-19(14-17)23(24,25)26)29-16-22(10-12-31-13-11-22)18-6-8-20(30-2)9-7-18/h3-9,14H,10-13,15-16H2,1-2H3,(H2,27,28,29). The van der Waals surface area contributed by atoms with Crippen molar-refractivity contribution >= 4 is 5.96 Å². The number of hydrogen-bond acceptors (Lipinski definition) is 3. The van der Waals surface area contributed by atoms with Gasteiger partial charge in [-0.1, -0.05) is 24.3 Å². The van der Waals surface area contributed by atoms with Gasteiger partial charge in [0.2, 0.25) is 0 Å². The van der Waals surface area contributed by atoms with E-state index in [0.29, 0.717) is 31.3 Å². The number of methoxy groups -OCH3 is 1. The topological polar surface area (TPSA) is 54.9 Å². The lowest BCUT2D eigenvalue weighted by molar-refractivity contribution is -0.137. The van der Waals surface area contributed by atoms with Gasteiger partial charge in [-0.3, -0.25) is 4.99 Å². The van der Waals surface area contributed by atoms with Gasteiger partial charge in [-0.25, -0.2) is 0 Å². The molecule has 168 valence electrons. The molecule has 0 radical (unpaired) electrons. The molecule has 8 heteroatoms. The Morgan fingerprint density at radius 2 is 1.81 bits per heavy atom. The van der Waals surface area contributed by atoms with Crippen molar-refractivity contribution in [2.75, 3.05) is 33.9 Å². The predicted octanol–water partition coefficient (Wildman–Crippen LogP) is 4.13. The van der Waals surface area contributed by atoms with Gasteiger partial charge < -0.3 is 20.1 Å². The van der Waals surface area contributed by atoms with Gasteiger partial charge in [0.25, 0.3) is 0 Å². The summed E-state index contributed by atoms with van der Waals surface area (Å²) in [6.45, 7) is 2.21. The summed E-state index contributed by atoms with van der Waals surface area (Å²) in [7, 11) is 3.28. The maximum absolute atomic E-state index is 12.9. The van der Waals surface area contributed by atoms with E-state index in [2.05, 4.69) is 27.8 Å². The average Bonchev–Trinajstić information content (AvgIpc) is 2.79. The number of aliphatic imine (C=N–C) groups is 1. The second-order valence-corrected chi connectivity index (χ2v) is 7.60. The molecule has 2 aromatic rings. The molecule has 1 heterocycles. The van der Waals surface area contributed by atoms with Crippen LogP contribution in [0.5, 0.6) is 5.75 Å². The Bertz CT molecular complexity index is 876. The molecular formula is C23H28F3N3O2. The number of ether oxygens (including phenoxy) is 2. The smallest absolute Gasteiger partial charge is 0.416 e. The zero-order valence-electron chi connectivity index (χ0n) is 17.8. The van der Waals surface area contributed by atoms with Gasteiger partial charge in [0.1, 0.15) is 5.75 Å². The Balaban J connectivity index is 1.66. The largest absolute Gasteiger partial charge is 0.497 e. The highest BCUT2D eigenvalue weighted by atomic mass is 19.4. The maximum atomic E-state index is 12.9. The molecule has 0 amide bonds. The number of hydrogen-bond donors (Lipinski definition) is 2. The summed E-state index contributed by atoms with van der Waals surface area (Å²) in [5.41, 5.74) is 0.944. The lowest BCUT2D eigenvalue weighted by atomic mass is 9.74. The van der Waals surface area contributed by atoms with Crippen molar-refractivity contribution in [2.45, 2.75) is 31.0 Å². The molecule has 1 aliphatic heterocycles. The minimum Gasteiger partial charge on any atom is -0.497 e. The summed E-state index contributed by atoms with van der Waals surface area (Å²) < 4.78 is 49.7. The number of benzene rings is 2. The third-order valence-corrected chi connectivity index (χ3v) is 5.68. The zero-order valence-corrected chi connectivity index (χ0v) is 17.8. The molecule has 0 spiro atoms. The first-order valence-corrected chi connectivity index (χ1v) is 10.2. The molecule has 2 N–H and O–H groups in total. The minimum atomic E-state index is -4.36. The van der Waals surface area contributed by atoms with E-state index in [-0.39, 0.29) is 12.0 Å². The van der Waals surface area contributed by atoms with Crippen molar-refractivity contribution in [3.05, 3.63) is 65.2 Å². The molecule has 31 heavy (non-hydrogen) atoms. The highest BCUT2D eigenvalue weighted by molar-refractivity contribution is 5.79. The molecule has 5 nitrogen and oxygen atoms in total. The predicted molar refractivity (Wildman–Crippen MR) is 114 cm³/mol. The van der Waals surface area contributed by atoms with E-state index in [0.717, 1.165) is 30.7 Å². The third-order valence-electron chi connectivity index (χ3n) is 5.68. The average molecular weight is 435 g/mol. The van der Waals surface area contributed by atoms with Gasteiger partial charge in [-0.15, -0.1) is 0 Å². The van der Waals surface area contributed by atoms with E-state index in [1.54, 1.807) is 20.2 Å². The number of nitrogens with one attached hydrogen (secondary N) is 2. The maximum Gasteiger partial charge on any atom is 0.416 e. The molecular weight excluding hydrogens is 407 g/mol. The number of halogens is 3. The van der Waals surface area contributed by atoms with E-state index in [4.69, 9.17) is 9.47 Å². The molecule has 1 fully saturated rings. The van der Waals surface area contributed by atoms with Crippen LogP contribution in [0.1, 0.15) is 29.5 Å². The van der Waals surface area contributed by atoms with E-state index in [9.17, 15) is 13.2 Å². The Morgan fingerprint density at radius 1 is 1.10 bits per heavy atom. The van der Waals surface area contributed by atoms with Crippen molar-refractivity contribution in [1.82, 2.24) is 10.6 Å². The summed E-state index contributed by atoms with van der Waals surface area (Å²) in [5.74, 6) is 1.34. The Kier molecular flexibility index (Phi) is 7.43. The summed E-state index contributed by atoms with van der Waals surface area (Å²) in [6.07, 6.45) is -2.64. The SMILES string of the molecule is CN=C(NCc1cccc(C(F)(F)F)c1)NCC1(c2ccc(OC)cc2)CCOCC1. The van der Waals surface area contributed by atoms with Crippen LogP contribution in [0.3, 0.4) is 0 Å². The minimum absolute atomic E-state index is 0.127. The van der Waals surface area contributed by atoms with Crippen molar-refractivity contribution in [1.29, 1.82) is 0 Å². The van der Waals surface area contributed by atoms with Gasteiger partial charge in [0, 0.05) is 38.8 Å². The van der Waals surface area contributed by atoms with Crippen LogP contribution in [0.2, 0.25) is 0 Å². The highest BCUT2D eigenvalue weighted by Crippen LogP contribution is 2.35. The quantitative estimate of drug-likeness (QED) is 0.529. The van der Waals surface area contributed by atoms with Crippen molar-refractivity contribution in [2.24, 2.45) is 4.99 Å². The van der Waals surface area contributed by atoms with E-state index in [1.165, 1.54) is 11.6 Å². The zero-order chi connectivity index (χ0) is 22.3. The van der Waals surface area contributed by atoms with Crippen LogP contribution in [0.25, 0.3) is 0 Å². The third kappa shape index (κ3) is 5.91. The van der Waals surface area contributed by atoms with Crippen LogP contribution in [-0.2, 0) is 22.9 Å². The second kappa shape index (κ2) is 10.0. The summed E-state index contributed by atoms with van der Waals surface area (Å²) >= 11 is 0. The fourth-order valence-electron chi connectivity index (χ4n) is 3.79. The fourth-order valence-corrected chi connectivity index (χ4v) is 3.79. The van der Waals surface area contributed by atoms with Gasteiger partial charge >= 0.3 is 6.18 Å². The molecule has 2 aromatic carbocycles. The van der Waals surface area contributed by atoms with Crippen molar-refractivity contribution in [3.63, 3.8) is 0 Å². The fraction of sp³-hybridized carbons (Fsp3) is 0.435. The van der Waals surface area contributed by atoms with Crippen LogP contribution in [0.15, 0.2) is 53.5 Å². The number of rotatable bonds is 6. The van der Waals surface area contributed by atoms with Crippen LogP contribution < -0.4 is 15.4 Å². The normalized spacial score (nSPS) is 16.6. The Labute approximate surface area is 180 Å². The first kappa shape index (κ1) is 22.9. The molecule has 1 saturated heterocycles. The van der Waals surface area contributed by atoms with Crippen molar-refractivity contribution in [3.8, 4) is 5.75 Å².